The zero-order chi connectivity index (χ0) is 13.7. The lowest BCUT2D eigenvalue weighted by molar-refractivity contribution is -0.147. The van der Waals surface area contributed by atoms with Gasteiger partial charge in [-0.2, -0.15) is 0 Å². The van der Waals surface area contributed by atoms with Gasteiger partial charge in [0.05, 0.1) is 5.92 Å². The van der Waals surface area contributed by atoms with Crippen LogP contribution in [0.25, 0.3) is 0 Å². The minimum absolute atomic E-state index is 0.0885. The summed E-state index contributed by atoms with van der Waals surface area (Å²) in [5.74, 6) is -1.10. The molecule has 1 atom stereocenters. The van der Waals surface area contributed by atoms with Crippen LogP contribution in [0.3, 0.4) is 0 Å². The number of carboxylic acid groups (broad SMARTS) is 1. The Morgan fingerprint density at radius 3 is 2.74 bits per heavy atom. The Morgan fingerprint density at radius 1 is 1.32 bits per heavy atom. The van der Waals surface area contributed by atoms with Gasteiger partial charge in [-0.1, -0.05) is 30.3 Å². The zero-order valence-corrected chi connectivity index (χ0v) is 10.9. The van der Waals surface area contributed by atoms with Crippen LogP contribution >= 0.6 is 0 Å². The van der Waals surface area contributed by atoms with Crippen molar-refractivity contribution in [1.29, 1.82) is 0 Å². The number of benzene rings is 1. The van der Waals surface area contributed by atoms with Crippen molar-refractivity contribution >= 4 is 11.9 Å². The normalized spacial score (nSPS) is 19.5. The summed E-state index contributed by atoms with van der Waals surface area (Å²) in [6, 6.07) is 10.1. The molecule has 4 heteroatoms. The van der Waals surface area contributed by atoms with E-state index in [1.807, 2.05) is 18.2 Å². The average molecular weight is 261 g/mol. The summed E-state index contributed by atoms with van der Waals surface area (Å²) in [4.78, 5) is 24.4. The molecule has 1 amide bonds. The molecule has 1 aliphatic heterocycles. The van der Waals surface area contributed by atoms with E-state index >= 15 is 0 Å². The van der Waals surface area contributed by atoms with Crippen LogP contribution in [-0.4, -0.2) is 35.0 Å². The van der Waals surface area contributed by atoms with E-state index in [2.05, 4.69) is 12.1 Å². The van der Waals surface area contributed by atoms with E-state index < -0.39 is 11.9 Å². The second-order valence-corrected chi connectivity index (χ2v) is 5.00. The van der Waals surface area contributed by atoms with Crippen LogP contribution in [0.15, 0.2) is 30.3 Å². The number of aliphatic carboxylic acids is 1. The lowest BCUT2D eigenvalue weighted by atomic mass is 9.97. The van der Waals surface area contributed by atoms with Gasteiger partial charge in [0.2, 0.25) is 5.91 Å². The van der Waals surface area contributed by atoms with Gasteiger partial charge < -0.3 is 10.0 Å². The van der Waals surface area contributed by atoms with Gasteiger partial charge in [0, 0.05) is 19.5 Å². The predicted molar refractivity (Wildman–Crippen MR) is 71.7 cm³/mol. The number of carbonyl (C=O) groups excluding carboxylic acids is 1. The Balaban J connectivity index is 1.81. The van der Waals surface area contributed by atoms with Gasteiger partial charge in [0.1, 0.15) is 0 Å². The van der Waals surface area contributed by atoms with Gasteiger partial charge >= 0.3 is 5.97 Å². The van der Waals surface area contributed by atoms with Crippen molar-refractivity contribution in [3.63, 3.8) is 0 Å². The highest BCUT2D eigenvalue weighted by Crippen LogP contribution is 2.18. The lowest BCUT2D eigenvalue weighted by Gasteiger charge is -2.30. The fourth-order valence-electron chi connectivity index (χ4n) is 2.45. The van der Waals surface area contributed by atoms with Crippen molar-refractivity contribution in [1.82, 2.24) is 4.90 Å². The van der Waals surface area contributed by atoms with Crippen molar-refractivity contribution in [3.8, 4) is 0 Å². The Bertz CT molecular complexity index is 444. The predicted octanol–water partition coefficient (Wildman–Crippen LogP) is 1.94. The first-order valence-corrected chi connectivity index (χ1v) is 6.71. The molecule has 0 aliphatic carbocycles. The number of piperidine rings is 1. The molecule has 0 spiro atoms. The Hall–Kier alpha value is -1.84. The molecule has 1 fully saturated rings. The third-order valence-electron chi connectivity index (χ3n) is 3.59. The molecule has 4 nitrogen and oxygen atoms in total. The number of carbonyl (C=O) groups is 2. The molecule has 1 heterocycles. The smallest absolute Gasteiger partial charge is 0.308 e. The van der Waals surface area contributed by atoms with Crippen molar-refractivity contribution in [2.24, 2.45) is 5.92 Å². The Kier molecular flexibility index (Phi) is 4.55. The molecule has 0 saturated carbocycles. The van der Waals surface area contributed by atoms with E-state index in [0.717, 1.165) is 12.8 Å². The molecular formula is C15H19NO3. The van der Waals surface area contributed by atoms with Gasteiger partial charge in [0.25, 0.3) is 0 Å². The minimum Gasteiger partial charge on any atom is -0.481 e. The summed E-state index contributed by atoms with van der Waals surface area (Å²) in [6.45, 7) is 1.01. The molecule has 0 aromatic heterocycles. The summed E-state index contributed by atoms with van der Waals surface area (Å²) in [7, 11) is 0. The SMILES string of the molecule is O=C(O)[C@H]1CCC(=O)N(CCCc2ccccc2)C1. The van der Waals surface area contributed by atoms with Crippen LogP contribution in [0, 0.1) is 5.92 Å². The monoisotopic (exact) mass is 261 g/mol. The highest BCUT2D eigenvalue weighted by molar-refractivity contribution is 5.80. The molecule has 1 aromatic carbocycles. The molecule has 0 bridgehead atoms. The number of carboxylic acids is 1. The lowest BCUT2D eigenvalue weighted by Crippen LogP contribution is -2.43. The number of hydrogen-bond acceptors (Lipinski definition) is 2. The van der Waals surface area contributed by atoms with Gasteiger partial charge in [-0.3, -0.25) is 9.59 Å². The van der Waals surface area contributed by atoms with E-state index in [9.17, 15) is 9.59 Å². The first kappa shape index (κ1) is 13.6. The quantitative estimate of drug-likeness (QED) is 0.881. The van der Waals surface area contributed by atoms with Gasteiger partial charge in [-0.05, 0) is 24.8 Å². The molecule has 102 valence electrons. The maximum Gasteiger partial charge on any atom is 0.308 e. The summed E-state index contributed by atoms with van der Waals surface area (Å²) >= 11 is 0. The maximum atomic E-state index is 11.7. The van der Waals surface area contributed by atoms with Crippen molar-refractivity contribution in [2.75, 3.05) is 13.1 Å². The second-order valence-electron chi connectivity index (χ2n) is 5.00. The van der Waals surface area contributed by atoms with E-state index in [-0.39, 0.29) is 5.91 Å². The maximum absolute atomic E-state index is 11.7. The molecular weight excluding hydrogens is 242 g/mol. The third kappa shape index (κ3) is 3.81. The van der Waals surface area contributed by atoms with Crippen LogP contribution in [0.4, 0.5) is 0 Å². The summed E-state index contributed by atoms with van der Waals surface area (Å²) in [5.41, 5.74) is 1.25. The number of aryl methyl sites for hydroxylation is 1. The minimum atomic E-state index is -0.791. The molecule has 0 radical (unpaired) electrons. The summed E-state index contributed by atoms with van der Waals surface area (Å²) in [5, 5.41) is 9.01. The largest absolute Gasteiger partial charge is 0.481 e. The van der Waals surface area contributed by atoms with Crippen LogP contribution in [0.5, 0.6) is 0 Å². The number of hydrogen-bond donors (Lipinski definition) is 1. The standard InChI is InChI=1S/C15H19NO3/c17-14-9-8-13(15(18)19)11-16(14)10-4-7-12-5-2-1-3-6-12/h1-3,5-6,13H,4,7-11H2,(H,18,19)/t13-/m0/s1. The van der Waals surface area contributed by atoms with Crippen LogP contribution in [0.1, 0.15) is 24.8 Å². The first-order chi connectivity index (χ1) is 9.16. The van der Waals surface area contributed by atoms with E-state index in [1.165, 1.54) is 5.56 Å². The average Bonchev–Trinajstić information content (AvgIpc) is 2.42. The van der Waals surface area contributed by atoms with E-state index in [1.54, 1.807) is 4.90 Å². The van der Waals surface area contributed by atoms with Crippen LogP contribution < -0.4 is 0 Å². The van der Waals surface area contributed by atoms with Gasteiger partial charge in [-0.15, -0.1) is 0 Å². The highest BCUT2D eigenvalue weighted by atomic mass is 16.4. The molecule has 1 N–H and O–H groups in total. The van der Waals surface area contributed by atoms with E-state index in [4.69, 9.17) is 5.11 Å². The number of rotatable bonds is 5. The zero-order valence-electron chi connectivity index (χ0n) is 10.9. The van der Waals surface area contributed by atoms with Gasteiger partial charge in [-0.25, -0.2) is 0 Å². The highest BCUT2D eigenvalue weighted by Gasteiger charge is 2.29. The van der Waals surface area contributed by atoms with Crippen LogP contribution in [-0.2, 0) is 16.0 Å². The molecule has 2 rings (SSSR count). The second kappa shape index (κ2) is 6.36. The van der Waals surface area contributed by atoms with Crippen molar-refractivity contribution in [3.05, 3.63) is 35.9 Å². The molecule has 1 aromatic rings. The molecule has 0 unspecified atom stereocenters. The van der Waals surface area contributed by atoms with Crippen molar-refractivity contribution < 1.29 is 14.7 Å². The first-order valence-electron chi connectivity index (χ1n) is 6.71. The summed E-state index contributed by atoms with van der Waals surface area (Å²) < 4.78 is 0. The van der Waals surface area contributed by atoms with Gasteiger partial charge in [0.15, 0.2) is 0 Å². The fourth-order valence-corrected chi connectivity index (χ4v) is 2.45. The fraction of sp³-hybridized carbons (Fsp3) is 0.467. The van der Waals surface area contributed by atoms with E-state index in [0.29, 0.717) is 25.9 Å². The topological polar surface area (TPSA) is 57.6 Å². The number of nitrogens with zero attached hydrogens (tertiary/aromatic N) is 1. The molecule has 1 aliphatic rings. The molecule has 19 heavy (non-hydrogen) atoms. The van der Waals surface area contributed by atoms with Crippen molar-refractivity contribution in [2.45, 2.75) is 25.7 Å². The third-order valence-corrected chi connectivity index (χ3v) is 3.59. The molecule has 1 saturated heterocycles. The summed E-state index contributed by atoms with van der Waals surface area (Å²) in [6.07, 6.45) is 2.64. The van der Waals surface area contributed by atoms with Crippen LogP contribution in [0.2, 0.25) is 0 Å². The number of amides is 1. The number of likely N-dealkylation sites (tertiary alicyclic amines) is 1. The Morgan fingerprint density at radius 2 is 2.05 bits per heavy atom. The Labute approximate surface area is 113 Å².